The average Bonchev–Trinajstić information content (AvgIpc) is 2.80. The van der Waals surface area contributed by atoms with Gasteiger partial charge in [-0.05, 0) is 25.7 Å². The monoisotopic (exact) mass is 452 g/mol. The van der Waals surface area contributed by atoms with Gasteiger partial charge in [0.15, 0.2) is 0 Å². The number of unbranched alkanes of at least 4 members (excludes halogenated alkanes) is 20. The summed E-state index contributed by atoms with van der Waals surface area (Å²) >= 11 is 0. The van der Waals surface area contributed by atoms with Gasteiger partial charge in [-0.15, -0.1) is 0 Å². The number of hydrogen-bond acceptors (Lipinski definition) is 2. The summed E-state index contributed by atoms with van der Waals surface area (Å²) in [6.07, 6.45) is 32.4. The summed E-state index contributed by atoms with van der Waals surface area (Å²) in [5.41, 5.74) is 0. The van der Waals surface area contributed by atoms with Crippen molar-refractivity contribution in [2.75, 3.05) is 0 Å². The molecule has 0 aliphatic carbocycles. The minimum absolute atomic E-state index is 0.0378. The predicted octanol–water partition coefficient (Wildman–Crippen LogP) is 10.7. The molecule has 0 aromatic rings. The van der Waals surface area contributed by atoms with Crippen LogP contribution in [-0.2, 0) is 9.53 Å². The Hall–Kier alpha value is -0.530. The lowest BCUT2D eigenvalue weighted by molar-refractivity contribution is -0.149. The van der Waals surface area contributed by atoms with Crippen molar-refractivity contribution in [1.82, 2.24) is 0 Å². The van der Waals surface area contributed by atoms with Crippen LogP contribution in [0.25, 0.3) is 0 Å². The van der Waals surface area contributed by atoms with Crippen LogP contribution < -0.4 is 0 Å². The molecule has 0 saturated carbocycles. The van der Waals surface area contributed by atoms with Gasteiger partial charge in [0.05, 0.1) is 0 Å². The molecule has 0 aromatic carbocycles. The third kappa shape index (κ3) is 24.1. The maximum Gasteiger partial charge on any atom is 0.306 e. The van der Waals surface area contributed by atoms with E-state index in [9.17, 15) is 4.79 Å². The van der Waals surface area contributed by atoms with Gasteiger partial charge in [-0.25, -0.2) is 0 Å². The lowest BCUT2D eigenvalue weighted by atomic mass is 10.0. The number of hydrogen-bond donors (Lipinski definition) is 0. The van der Waals surface area contributed by atoms with E-state index in [1.54, 1.807) is 0 Å². The SMILES string of the molecule is CCCCCCCCCCCCCC(=O)O[C@H](CC)CCCCCCCCCCCCC. The summed E-state index contributed by atoms with van der Waals surface area (Å²) in [7, 11) is 0. The Balaban J connectivity index is 3.44. The summed E-state index contributed by atoms with van der Waals surface area (Å²) in [6.45, 7) is 6.71. The quantitative estimate of drug-likeness (QED) is 0.0963. The molecule has 0 amide bonds. The van der Waals surface area contributed by atoms with Gasteiger partial charge >= 0.3 is 5.97 Å². The van der Waals surface area contributed by atoms with E-state index in [1.165, 1.54) is 135 Å². The molecule has 0 N–H and O–H groups in total. The summed E-state index contributed by atoms with van der Waals surface area (Å²) in [5.74, 6) is 0.0378. The zero-order valence-corrected chi connectivity index (χ0v) is 22.6. The molecule has 0 rings (SSSR count). The van der Waals surface area contributed by atoms with Crippen molar-refractivity contribution in [3.8, 4) is 0 Å². The Labute approximate surface area is 203 Å². The van der Waals surface area contributed by atoms with Crippen molar-refractivity contribution in [3.05, 3.63) is 0 Å². The van der Waals surface area contributed by atoms with E-state index in [-0.39, 0.29) is 12.1 Å². The normalized spacial score (nSPS) is 12.2. The standard InChI is InChI=1S/C30H60O2/c1-4-7-9-11-13-15-17-19-21-23-25-27-29(6-3)32-30(31)28-26-24-22-20-18-16-14-12-10-8-5-2/h29H,4-28H2,1-3H3/t29-/m1/s1. The molecular weight excluding hydrogens is 392 g/mol. The van der Waals surface area contributed by atoms with Crippen LogP contribution in [-0.4, -0.2) is 12.1 Å². The number of carbonyl (C=O) groups excluding carboxylic acids is 1. The molecule has 0 aliphatic rings. The molecule has 0 aliphatic heterocycles. The molecule has 0 bridgehead atoms. The van der Waals surface area contributed by atoms with Crippen LogP contribution in [0.1, 0.15) is 181 Å². The Bertz CT molecular complexity index is 366. The molecule has 32 heavy (non-hydrogen) atoms. The zero-order valence-electron chi connectivity index (χ0n) is 22.6. The number of rotatable bonds is 26. The van der Waals surface area contributed by atoms with Crippen molar-refractivity contribution < 1.29 is 9.53 Å². The predicted molar refractivity (Wildman–Crippen MR) is 142 cm³/mol. The number of ether oxygens (including phenoxy) is 1. The highest BCUT2D eigenvalue weighted by molar-refractivity contribution is 5.69. The average molecular weight is 453 g/mol. The molecule has 0 heterocycles. The van der Waals surface area contributed by atoms with Crippen LogP contribution >= 0.6 is 0 Å². The van der Waals surface area contributed by atoms with E-state index in [2.05, 4.69) is 20.8 Å². The molecular formula is C30H60O2. The van der Waals surface area contributed by atoms with Crippen molar-refractivity contribution in [2.45, 2.75) is 187 Å². The van der Waals surface area contributed by atoms with Crippen LogP contribution in [0, 0.1) is 0 Å². The summed E-state index contributed by atoms with van der Waals surface area (Å²) in [5, 5.41) is 0. The smallest absolute Gasteiger partial charge is 0.306 e. The first-order valence-corrected chi connectivity index (χ1v) is 14.9. The second-order valence-corrected chi connectivity index (χ2v) is 10.1. The Kier molecular flexibility index (Phi) is 26.3. The lowest BCUT2D eigenvalue weighted by Gasteiger charge is -2.16. The largest absolute Gasteiger partial charge is 0.462 e. The van der Waals surface area contributed by atoms with Gasteiger partial charge < -0.3 is 4.74 Å². The third-order valence-electron chi connectivity index (χ3n) is 6.87. The van der Waals surface area contributed by atoms with Crippen LogP contribution in [0.2, 0.25) is 0 Å². The second-order valence-electron chi connectivity index (χ2n) is 10.1. The molecule has 0 radical (unpaired) electrons. The fraction of sp³-hybridized carbons (Fsp3) is 0.967. The van der Waals surface area contributed by atoms with E-state index in [1.807, 2.05) is 0 Å². The summed E-state index contributed by atoms with van der Waals surface area (Å²) in [4.78, 5) is 12.2. The minimum Gasteiger partial charge on any atom is -0.462 e. The van der Waals surface area contributed by atoms with Crippen molar-refractivity contribution >= 4 is 5.97 Å². The fourth-order valence-corrected chi connectivity index (χ4v) is 4.56. The van der Waals surface area contributed by atoms with Crippen LogP contribution in [0.4, 0.5) is 0 Å². The maximum atomic E-state index is 12.2. The van der Waals surface area contributed by atoms with Gasteiger partial charge in [0, 0.05) is 6.42 Å². The van der Waals surface area contributed by atoms with Gasteiger partial charge in [0.2, 0.25) is 0 Å². The van der Waals surface area contributed by atoms with Gasteiger partial charge in [0.25, 0.3) is 0 Å². The Morgan fingerprint density at radius 3 is 1.22 bits per heavy atom. The van der Waals surface area contributed by atoms with E-state index >= 15 is 0 Å². The topological polar surface area (TPSA) is 26.3 Å². The lowest BCUT2D eigenvalue weighted by Crippen LogP contribution is -2.17. The van der Waals surface area contributed by atoms with E-state index in [4.69, 9.17) is 4.74 Å². The molecule has 0 unspecified atom stereocenters. The highest BCUT2D eigenvalue weighted by Gasteiger charge is 2.12. The molecule has 192 valence electrons. The highest BCUT2D eigenvalue weighted by Crippen LogP contribution is 2.16. The van der Waals surface area contributed by atoms with Gasteiger partial charge in [-0.3, -0.25) is 4.79 Å². The Morgan fingerprint density at radius 2 is 0.844 bits per heavy atom. The van der Waals surface area contributed by atoms with Crippen molar-refractivity contribution in [1.29, 1.82) is 0 Å². The van der Waals surface area contributed by atoms with E-state index in [0.717, 1.165) is 19.3 Å². The van der Waals surface area contributed by atoms with Crippen LogP contribution in [0.15, 0.2) is 0 Å². The Morgan fingerprint density at radius 1 is 0.500 bits per heavy atom. The van der Waals surface area contributed by atoms with Crippen LogP contribution in [0.3, 0.4) is 0 Å². The van der Waals surface area contributed by atoms with E-state index in [0.29, 0.717) is 6.42 Å². The van der Waals surface area contributed by atoms with Gasteiger partial charge in [0.1, 0.15) is 6.10 Å². The molecule has 2 heteroatoms. The molecule has 0 aromatic heterocycles. The summed E-state index contributed by atoms with van der Waals surface area (Å²) < 4.78 is 5.74. The zero-order chi connectivity index (χ0) is 23.5. The minimum atomic E-state index is 0.0378. The summed E-state index contributed by atoms with van der Waals surface area (Å²) in [6, 6.07) is 0. The first-order valence-electron chi connectivity index (χ1n) is 14.9. The second kappa shape index (κ2) is 26.7. The van der Waals surface area contributed by atoms with Gasteiger partial charge in [-0.1, -0.05) is 149 Å². The molecule has 1 atom stereocenters. The van der Waals surface area contributed by atoms with Crippen molar-refractivity contribution in [3.63, 3.8) is 0 Å². The molecule has 0 saturated heterocycles. The first kappa shape index (κ1) is 31.5. The maximum absolute atomic E-state index is 12.2. The number of carbonyl (C=O) groups is 1. The van der Waals surface area contributed by atoms with Crippen LogP contribution in [0.5, 0.6) is 0 Å². The first-order chi connectivity index (χ1) is 15.7. The molecule has 2 nitrogen and oxygen atoms in total. The van der Waals surface area contributed by atoms with Crippen molar-refractivity contribution in [2.24, 2.45) is 0 Å². The third-order valence-corrected chi connectivity index (χ3v) is 6.87. The highest BCUT2D eigenvalue weighted by atomic mass is 16.5. The fourth-order valence-electron chi connectivity index (χ4n) is 4.56. The molecule has 0 fully saturated rings. The number of esters is 1. The molecule has 0 spiro atoms. The van der Waals surface area contributed by atoms with E-state index < -0.39 is 0 Å². The van der Waals surface area contributed by atoms with Gasteiger partial charge in [-0.2, -0.15) is 0 Å².